The van der Waals surface area contributed by atoms with Crippen molar-refractivity contribution < 1.29 is 14.3 Å². The Kier molecular flexibility index (Phi) is 4.12. The Hall–Kier alpha value is -1.93. The zero-order chi connectivity index (χ0) is 15.6. The van der Waals surface area contributed by atoms with E-state index in [4.69, 9.17) is 4.74 Å². The molecule has 1 aromatic rings. The fourth-order valence-electron chi connectivity index (χ4n) is 3.38. The van der Waals surface area contributed by atoms with Crippen molar-refractivity contribution in [1.29, 1.82) is 0 Å². The Morgan fingerprint density at radius 1 is 1.59 bits per heavy atom. The highest BCUT2D eigenvalue weighted by atomic mass is 16.5. The summed E-state index contributed by atoms with van der Waals surface area (Å²) in [5.74, 6) is 0.782. The van der Waals surface area contributed by atoms with E-state index in [-0.39, 0.29) is 24.3 Å². The van der Waals surface area contributed by atoms with Crippen molar-refractivity contribution in [3.05, 3.63) is 18.2 Å². The molecule has 8 heteroatoms. The second-order valence-electron chi connectivity index (χ2n) is 5.91. The molecule has 3 rings (SSSR count). The van der Waals surface area contributed by atoms with Crippen LogP contribution in [0.1, 0.15) is 5.82 Å². The molecule has 2 amide bonds. The van der Waals surface area contributed by atoms with Crippen molar-refractivity contribution in [1.82, 2.24) is 25.5 Å². The number of aromatic amines is 1. The van der Waals surface area contributed by atoms with E-state index < -0.39 is 5.41 Å². The highest BCUT2D eigenvalue weighted by Gasteiger charge is 2.55. The van der Waals surface area contributed by atoms with Crippen LogP contribution in [-0.4, -0.2) is 66.6 Å². The second-order valence-corrected chi connectivity index (χ2v) is 5.91. The summed E-state index contributed by atoms with van der Waals surface area (Å²) in [5.41, 5.74) is -0.546. The Balaban J connectivity index is 1.67. The molecule has 0 bridgehead atoms. The van der Waals surface area contributed by atoms with Crippen LogP contribution in [0.2, 0.25) is 0 Å². The first-order valence-electron chi connectivity index (χ1n) is 7.40. The van der Waals surface area contributed by atoms with Gasteiger partial charge in [-0.05, 0) is 0 Å². The van der Waals surface area contributed by atoms with E-state index in [2.05, 4.69) is 20.6 Å². The average Bonchev–Trinajstić information content (AvgIpc) is 3.20. The molecule has 3 N–H and O–H groups in total. The molecule has 22 heavy (non-hydrogen) atoms. The van der Waals surface area contributed by atoms with Crippen molar-refractivity contribution in [2.75, 3.05) is 39.9 Å². The van der Waals surface area contributed by atoms with Gasteiger partial charge in [0.05, 0.1) is 12.0 Å². The number of carbonyl (C=O) groups is 2. The van der Waals surface area contributed by atoms with E-state index in [1.165, 1.54) is 7.11 Å². The number of hydrogen-bond acceptors (Lipinski definition) is 5. The van der Waals surface area contributed by atoms with Gasteiger partial charge in [0.25, 0.3) is 0 Å². The Morgan fingerprint density at radius 2 is 2.45 bits per heavy atom. The predicted octanol–water partition coefficient (Wildman–Crippen LogP) is -1.28. The molecular formula is C14H21N5O3. The molecule has 2 fully saturated rings. The first kappa shape index (κ1) is 15.0. The highest BCUT2D eigenvalue weighted by molar-refractivity contribution is 5.86. The number of carbonyl (C=O) groups excluding carboxylic acids is 2. The zero-order valence-electron chi connectivity index (χ0n) is 12.6. The van der Waals surface area contributed by atoms with Gasteiger partial charge in [-0.3, -0.25) is 9.59 Å². The fourth-order valence-corrected chi connectivity index (χ4v) is 3.38. The molecule has 8 nitrogen and oxygen atoms in total. The lowest BCUT2D eigenvalue weighted by atomic mass is 9.80. The maximum atomic E-state index is 12.7. The standard InChI is InChI=1S/C14H21N5O3/c1-22-7-12(20)19-6-10-4-15-8-14(10,9-19)13(21)18-5-11-16-2-3-17-11/h2-3,10,15H,4-9H2,1H3,(H,16,17)(H,18,21)/t10-,14-/m0/s1. The maximum absolute atomic E-state index is 12.7. The number of likely N-dealkylation sites (tertiary alicyclic amines) is 1. The van der Waals surface area contributed by atoms with Crippen LogP contribution in [0.5, 0.6) is 0 Å². The van der Waals surface area contributed by atoms with Crippen molar-refractivity contribution in [2.24, 2.45) is 11.3 Å². The van der Waals surface area contributed by atoms with Gasteiger partial charge in [-0.25, -0.2) is 4.98 Å². The van der Waals surface area contributed by atoms with Crippen LogP contribution in [0.15, 0.2) is 12.4 Å². The lowest BCUT2D eigenvalue weighted by molar-refractivity contribution is -0.135. The fraction of sp³-hybridized carbons (Fsp3) is 0.643. The van der Waals surface area contributed by atoms with E-state index in [1.807, 2.05) is 0 Å². The number of imidazole rings is 1. The van der Waals surface area contributed by atoms with Crippen LogP contribution in [-0.2, 0) is 20.9 Å². The third-order valence-corrected chi connectivity index (χ3v) is 4.57. The molecule has 120 valence electrons. The first-order valence-corrected chi connectivity index (χ1v) is 7.40. The predicted molar refractivity (Wildman–Crippen MR) is 77.7 cm³/mol. The molecule has 0 aromatic carbocycles. The van der Waals surface area contributed by atoms with Crippen LogP contribution in [0.25, 0.3) is 0 Å². The normalized spacial score (nSPS) is 27.0. The van der Waals surface area contributed by atoms with Gasteiger partial charge in [0.2, 0.25) is 11.8 Å². The number of nitrogens with zero attached hydrogens (tertiary/aromatic N) is 2. The monoisotopic (exact) mass is 307 g/mol. The highest BCUT2D eigenvalue weighted by Crippen LogP contribution is 2.39. The number of ether oxygens (including phenoxy) is 1. The van der Waals surface area contributed by atoms with Gasteiger partial charge < -0.3 is 25.3 Å². The summed E-state index contributed by atoms with van der Waals surface area (Å²) >= 11 is 0. The molecular weight excluding hydrogens is 286 g/mol. The first-order chi connectivity index (χ1) is 10.7. The lowest BCUT2D eigenvalue weighted by Gasteiger charge is -2.26. The van der Waals surface area contributed by atoms with Gasteiger partial charge in [0.1, 0.15) is 12.4 Å². The Bertz CT molecular complexity index is 547. The summed E-state index contributed by atoms with van der Waals surface area (Å²) in [6.07, 6.45) is 3.38. The molecule has 1 aromatic heterocycles. The lowest BCUT2D eigenvalue weighted by Crippen LogP contribution is -2.47. The number of H-pyrrole nitrogens is 1. The molecule has 0 spiro atoms. The van der Waals surface area contributed by atoms with Crippen LogP contribution in [0, 0.1) is 11.3 Å². The third kappa shape index (κ3) is 2.59. The van der Waals surface area contributed by atoms with Gasteiger partial charge >= 0.3 is 0 Å². The van der Waals surface area contributed by atoms with Gasteiger partial charge in [0, 0.05) is 51.6 Å². The largest absolute Gasteiger partial charge is 0.375 e. The second kappa shape index (κ2) is 6.05. The molecule has 0 aliphatic carbocycles. The van der Waals surface area contributed by atoms with Crippen molar-refractivity contribution in [3.63, 3.8) is 0 Å². The number of amides is 2. The zero-order valence-corrected chi connectivity index (χ0v) is 12.6. The minimum Gasteiger partial charge on any atom is -0.375 e. The Morgan fingerprint density at radius 3 is 3.18 bits per heavy atom. The van der Waals surface area contributed by atoms with E-state index >= 15 is 0 Å². The minimum atomic E-state index is -0.546. The average molecular weight is 307 g/mol. The molecule has 2 saturated heterocycles. The van der Waals surface area contributed by atoms with E-state index in [0.29, 0.717) is 26.2 Å². The molecule has 2 aliphatic heterocycles. The quantitative estimate of drug-likeness (QED) is 0.629. The summed E-state index contributed by atoms with van der Waals surface area (Å²) < 4.78 is 4.91. The van der Waals surface area contributed by atoms with Crippen LogP contribution in [0.4, 0.5) is 0 Å². The topological polar surface area (TPSA) is 99.3 Å². The van der Waals surface area contributed by atoms with Crippen LogP contribution in [0.3, 0.4) is 0 Å². The number of rotatable bonds is 5. The number of fused-ring (bicyclic) bond motifs is 1. The number of methoxy groups -OCH3 is 1. The molecule has 0 saturated carbocycles. The van der Waals surface area contributed by atoms with Crippen LogP contribution < -0.4 is 10.6 Å². The SMILES string of the molecule is COCC(=O)N1C[C@@H]2CNC[C@]2(C(=O)NCc2ncc[nH]2)C1. The number of hydrogen-bond donors (Lipinski definition) is 3. The number of aromatic nitrogens is 2. The van der Waals surface area contributed by atoms with Crippen LogP contribution >= 0.6 is 0 Å². The van der Waals surface area contributed by atoms with E-state index in [1.54, 1.807) is 17.3 Å². The van der Waals surface area contributed by atoms with E-state index in [9.17, 15) is 9.59 Å². The van der Waals surface area contributed by atoms with Gasteiger partial charge in [-0.1, -0.05) is 0 Å². The van der Waals surface area contributed by atoms with E-state index in [0.717, 1.165) is 12.4 Å². The molecule has 0 unspecified atom stereocenters. The van der Waals surface area contributed by atoms with Gasteiger partial charge in [-0.15, -0.1) is 0 Å². The number of nitrogens with one attached hydrogen (secondary N) is 3. The van der Waals surface area contributed by atoms with Gasteiger partial charge in [0.15, 0.2) is 0 Å². The molecule has 0 radical (unpaired) electrons. The third-order valence-electron chi connectivity index (χ3n) is 4.57. The minimum absolute atomic E-state index is 0.0217. The summed E-state index contributed by atoms with van der Waals surface area (Å²) in [7, 11) is 1.50. The summed E-state index contributed by atoms with van der Waals surface area (Å²) in [5, 5.41) is 6.22. The maximum Gasteiger partial charge on any atom is 0.248 e. The van der Waals surface area contributed by atoms with Gasteiger partial charge in [-0.2, -0.15) is 0 Å². The molecule has 3 heterocycles. The molecule has 2 aliphatic rings. The summed E-state index contributed by atoms with van der Waals surface area (Å²) in [4.78, 5) is 33.5. The summed E-state index contributed by atoms with van der Waals surface area (Å²) in [6.45, 7) is 2.82. The van der Waals surface area contributed by atoms with Crippen molar-refractivity contribution in [2.45, 2.75) is 6.54 Å². The molecule has 2 atom stereocenters. The van der Waals surface area contributed by atoms with Crippen molar-refractivity contribution >= 4 is 11.8 Å². The Labute approximate surface area is 128 Å². The summed E-state index contributed by atoms with van der Waals surface area (Å²) in [6, 6.07) is 0. The van der Waals surface area contributed by atoms with Crippen molar-refractivity contribution in [3.8, 4) is 0 Å². The smallest absolute Gasteiger partial charge is 0.248 e.